The Morgan fingerprint density at radius 1 is 1.07 bits per heavy atom. The fourth-order valence-electron chi connectivity index (χ4n) is 6.70. The second-order valence-electron chi connectivity index (χ2n) is 10.0. The molecule has 4 fully saturated rings. The van der Waals surface area contributed by atoms with Crippen LogP contribution in [0.2, 0.25) is 0 Å². The van der Waals surface area contributed by atoms with Gasteiger partial charge in [-0.15, -0.1) is 0 Å². The maximum absolute atomic E-state index is 12.8. The Morgan fingerprint density at radius 2 is 1.83 bits per heavy atom. The summed E-state index contributed by atoms with van der Waals surface area (Å²) in [6.07, 6.45) is 2.61. The predicted molar refractivity (Wildman–Crippen MR) is 106 cm³/mol. The number of hydrogen-bond acceptors (Lipinski definition) is 3. The number of fused-ring (bicyclic) bond motifs is 1. The Kier molecular flexibility index (Phi) is 4.99. The third kappa shape index (κ3) is 3.30. The highest BCUT2D eigenvalue weighted by molar-refractivity contribution is 5.24. The van der Waals surface area contributed by atoms with E-state index in [4.69, 9.17) is 14.2 Å². The van der Waals surface area contributed by atoms with Crippen LogP contribution in [0.3, 0.4) is 0 Å². The first-order chi connectivity index (χ1) is 14.2. The summed E-state index contributed by atoms with van der Waals surface area (Å²) >= 11 is 0. The quantitative estimate of drug-likeness (QED) is 0.597. The summed E-state index contributed by atoms with van der Waals surface area (Å²) in [5.41, 5.74) is 0.0526. The van der Waals surface area contributed by atoms with E-state index >= 15 is 0 Å². The summed E-state index contributed by atoms with van der Waals surface area (Å²) in [6, 6.07) is 5.58. The van der Waals surface area contributed by atoms with Gasteiger partial charge in [-0.1, -0.05) is 19.1 Å². The van der Waals surface area contributed by atoms with Crippen molar-refractivity contribution in [3.8, 4) is 0 Å². The van der Waals surface area contributed by atoms with Crippen molar-refractivity contribution in [2.75, 3.05) is 6.61 Å². The molecule has 5 rings (SSSR count). The molecule has 1 saturated carbocycles. The molecule has 0 radical (unpaired) electrons. The van der Waals surface area contributed by atoms with Crippen molar-refractivity contribution in [3.05, 3.63) is 35.4 Å². The monoisotopic (exact) mass is 424 g/mol. The molecule has 1 spiro atoms. The van der Waals surface area contributed by atoms with Gasteiger partial charge in [-0.05, 0) is 86.8 Å². The average Bonchev–Trinajstić information content (AvgIpc) is 2.92. The number of alkyl halides is 3. The lowest BCUT2D eigenvalue weighted by Crippen LogP contribution is -2.64. The SMILES string of the molecule is C[C@@H]1CC[C@H]2[C@@H](CCCc3ccc(C(F)(F)F)cc3)CO[C@@H]3O[C@@]4(C)CC[C@@H]1[C@]32O4. The highest BCUT2D eigenvalue weighted by Crippen LogP contribution is 2.63. The normalized spacial score (nSPS) is 42.8. The Balaban J connectivity index is 1.27. The average molecular weight is 425 g/mol. The molecule has 2 bridgehead atoms. The Hall–Kier alpha value is -1.11. The van der Waals surface area contributed by atoms with Crippen LogP contribution >= 0.6 is 0 Å². The maximum Gasteiger partial charge on any atom is 0.416 e. The second-order valence-corrected chi connectivity index (χ2v) is 10.0. The molecule has 3 nitrogen and oxygen atoms in total. The van der Waals surface area contributed by atoms with Crippen LogP contribution < -0.4 is 0 Å². The van der Waals surface area contributed by atoms with Gasteiger partial charge in [0.2, 0.25) is 0 Å². The fraction of sp³-hybridized carbons (Fsp3) is 0.750. The molecule has 3 aliphatic heterocycles. The topological polar surface area (TPSA) is 27.7 Å². The minimum Gasteiger partial charge on any atom is -0.349 e. The maximum atomic E-state index is 12.8. The molecular formula is C24H31F3O3. The van der Waals surface area contributed by atoms with Crippen molar-refractivity contribution in [2.45, 2.75) is 82.6 Å². The minimum absolute atomic E-state index is 0.256. The zero-order chi connectivity index (χ0) is 21.1. The van der Waals surface area contributed by atoms with E-state index in [2.05, 4.69) is 13.8 Å². The number of rotatable bonds is 4. The van der Waals surface area contributed by atoms with Crippen LogP contribution in [0.25, 0.3) is 0 Å². The van der Waals surface area contributed by atoms with Crippen molar-refractivity contribution < 1.29 is 27.4 Å². The zero-order valence-corrected chi connectivity index (χ0v) is 17.7. The van der Waals surface area contributed by atoms with E-state index < -0.39 is 17.5 Å². The lowest BCUT2D eigenvalue weighted by Gasteiger charge is -2.57. The van der Waals surface area contributed by atoms with Gasteiger partial charge >= 0.3 is 6.18 Å². The van der Waals surface area contributed by atoms with Crippen LogP contribution in [0, 0.1) is 23.7 Å². The van der Waals surface area contributed by atoms with E-state index in [0.29, 0.717) is 30.3 Å². The molecule has 166 valence electrons. The predicted octanol–water partition coefficient (Wildman–Crippen LogP) is 5.96. The van der Waals surface area contributed by atoms with Gasteiger partial charge in [0.1, 0.15) is 5.60 Å². The number of aryl methyl sites for hydroxylation is 1. The molecule has 3 heterocycles. The van der Waals surface area contributed by atoms with Crippen molar-refractivity contribution >= 4 is 0 Å². The van der Waals surface area contributed by atoms with Gasteiger partial charge in [0.05, 0.1) is 12.2 Å². The first kappa shape index (κ1) is 20.8. The molecule has 3 saturated heterocycles. The summed E-state index contributed by atoms with van der Waals surface area (Å²) in [4.78, 5) is 0. The van der Waals surface area contributed by atoms with Gasteiger partial charge in [0, 0.05) is 6.42 Å². The summed E-state index contributed by atoms with van der Waals surface area (Å²) < 4.78 is 57.5. The summed E-state index contributed by atoms with van der Waals surface area (Å²) in [7, 11) is 0. The molecule has 0 N–H and O–H groups in total. The number of halogens is 3. The van der Waals surface area contributed by atoms with Gasteiger partial charge in [-0.3, -0.25) is 0 Å². The van der Waals surface area contributed by atoms with Crippen LogP contribution in [0.15, 0.2) is 24.3 Å². The first-order valence-corrected chi connectivity index (χ1v) is 11.4. The molecule has 1 aliphatic carbocycles. The molecule has 1 aromatic carbocycles. The van der Waals surface area contributed by atoms with Crippen LogP contribution in [0.4, 0.5) is 13.2 Å². The van der Waals surface area contributed by atoms with Crippen LogP contribution in [0.1, 0.15) is 63.5 Å². The first-order valence-electron chi connectivity index (χ1n) is 11.4. The lowest BCUT2D eigenvalue weighted by molar-refractivity contribution is -0.273. The zero-order valence-electron chi connectivity index (χ0n) is 17.7. The number of ether oxygens (including phenoxy) is 3. The largest absolute Gasteiger partial charge is 0.416 e. The van der Waals surface area contributed by atoms with Crippen molar-refractivity contribution in [2.24, 2.45) is 23.7 Å². The van der Waals surface area contributed by atoms with E-state index in [-0.39, 0.29) is 11.9 Å². The van der Waals surface area contributed by atoms with Gasteiger partial charge < -0.3 is 14.2 Å². The minimum atomic E-state index is -4.28. The van der Waals surface area contributed by atoms with Crippen LogP contribution in [-0.2, 0) is 26.8 Å². The number of hydrogen-bond donors (Lipinski definition) is 0. The van der Waals surface area contributed by atoms with E-state index in [1.165, 1.54) is 18.6 Å². The van der Waals surface area contributed by atoms with Gasteiger partial charge in [-0.25, -0.2) is 0 Å². The fourth-order valence-corrected chi connectivity index (χ4v) is 6.70. The number of benzene rings is 1. The van der Waals surface area contributed by atoms with Crippen molar-refractivity contribution in [1.82, 2.24) is 0 Å². The standard InChI is InChI=1S/C24H31F3O3/c1-15-6-11-20-17(5-3-4-16-7-9-18(10-8-16)24(25,26)27)14-28-21-23(20)19(15)12-13-22(2,29-21)30-23/h7-10,15,17,19-21H,3-6,11-14H2,1-2H3/t15-,17+,19+,20+,21-,22-,23-/m1/s1. The van der Waals surface area contributed by atoms with E-state index in [1.807, 2.05) is 0 Å². The molecule has 6 heteroatoms. The molecule has 7 atom stereocenters. The third-order valence-corrected chi connectivity index (χ3v) is 8.16. The highest BCUT2D eigenvalue weighted by atomic mass is 19.4. The van der Waals surface area contributed by atoms with E-state index in [0.717, 1.165) is 44.1 Å². The molecule has 30 heavy (non-hydrogen) atoms. The Bertz CT molecular complexity index is 779. The molecule has 1 aromatic rings. The highest BCUT2D eigenvalue weighted by Gasteiger charge is 2.70. The van der Waals surface area contributed by atoms with Gasteiger partial charge in [0.15, 0.2) is 12.1 Å². The van der Waals surface area contributed by atoms with Gasteiger partial charge in [-0.2, -0.15) is 13.2 Å². The van der Waals surface area contributed by atoms with Crippen molar-refractivity contribution in [1.29, 1.82) is 0 Å². The molecular weight excluding hydrogens is 393 g/mol. The summed E-state index contributed by atoms with van der Waals surface area (Å²) in [6.45, 7) is 5.07. The summed E-state index contributed by atoms with van der Waals surface area (Å²) in [5.74, 6) is 1.42. The third-order valence-electron chi connectivity index (χ3n) is 8.16. The van der Waals surface area contributed by atoms with E-state index in [1.54, 1.807) is 12.1 Å². The Labute approximate surface area is 176 Å². The lowest BCUT2D eigenvalue weighted by atomic mass is 9.57. The smallest absolute Gasteiger partial charge is 0.349 e. The van der Waals surface area contributed by atoms with Gasteiger partial charge in [0.25, 0.3) is 0 Å². The van der Waals surface area contributed by atoms with Crippen LogP contribution in [-0.4, -0.2) is 24.3 Å². The molecule has 4 aliphatic rings. The van der Waals surface area contributed by atoms with Crippen LogP contribution in [0.5, 0.6) is 0 Å². The summed E-state index contributed by atoms with van der Waals surface area (Å²) in [5, 5.41) is 0. The van der Waals surface area contributed by atoms with Crippen molar-refractivity contribution in [3.63, 3.8) is 0 Å². The second kappa shape index (κ2) is 7.21. The Morgan fingerprint density at radius 3 is 2.57 bits per heavy atom. The molecule has 0 amide bonds. The van der Waals surface area contributed by atoms with E-state index in [9.17, 15) is 13.2 Å². The molecule has 0 aromatic heterocycles. The molecule has 0 unspecified atom stereocenters.